The van der Waals surface area contributed by atoms with Crippen molar-refractivity contribution in [1.82, 2.24) is 15.1 Å². The topological polar surface area (TPSA) is 87.1 Å². The molecule has 3 atom stereocenters. The molecule has 2 aliphatic rings. The minimum atomic E-state index is -0.661. The molecule has 184 valence electrons. The summed E-state index contributed by atoms with van der Waals surface area (Å²) < 4.78 is 11.4. The molecule has 6 rings (SSSR count). The van der Waals surface area contributed by atoms with E-state index in [1.807, 2.05) is 32.0 Å². The second-order valence-corrected chi connectivity index (χ2v) is 10.9. The number of nitrogens with two attached hydrogens (primary N) is 1. The molecule has 2 aromatic carbocycles. The van der Waals surface area contributed by atoms with Crippen molar-refractivity contribution in [1.29, 1.82) is 0 Å². The number of fused-ring (bicyclic) bond motifs is 2. The van der Waals surface area contributed by atoms with Gasteiger partial charge in [0.2, 0.25) is 11.7 Å². The van der Waals surface area contributed by atoms with Crippen molar-refractivity contribution >= 4 is 0 Å². The van der Waals surface area contributed by atoms with Gasteiger partial charge in [-0.25, -0.2) is 0 Å². The Morgan fingerprint density at radius 2 is 1.75 bits per heavy atom. The summed E-state index contributed by atoms with van der Waals surface area (Å²) in [5.74, 6) is 3.33. The average molecular weight is 481 g/mol. The minimum Gasteiger partial charge on any atom is -0.487 e. The number of pyridine rings is 1. The van der Waals surface area contributed by atoms with Gasteiger partial charge in [-0.1, -0.05) is 54.0 Å². The molecule has 2 bridgehead atoms. The number of benzene rings is 2. The summed E-state index contributed by atoms with van der Waals surface area (Å²) in [5, 5.41) is 4.16. The zero-order valence-corrected chi connectivity index (χ0v) is 20.9. The Kier molecular flexibility index (Phi) is 5.64. The number of ether oxygens (including phenoxy) is 1. The fourth-order valence-electron chi connectivity index (χ4n) is 6.21. The molecule has 2 fully saturated rings. The van der Waals surface area contributed by atoms with E-state index in [0.29, 0.717) is 24.2 Å². The highest BCUT2D eigenvalue weighted by Gasteiger charge is 2.52. The van der Waals surface area contributed by atoms with Gasteiger partial charge < -0.3 is 15.0 Å². The Morgan fingerprint density at radius 3 is 2.33 bits per heavy atom. The SMILES string of the molecule is CC(C)(N)c1nc(-c2ccc([C@]3(c4ccc(OCc5ccccn5)cc4)CC4CC[C@@H]3C4)cc2)no1. The van der Waals surface area contributed by atoms with E-state index in [2.05, 4.69) is 63.7 Å². The summed E-state index contributed by atoms with van der Waals surface area (Å²) in [6.45, 7) is 4.19. The molecule has 4 aromatic rings. The third-order valence-electron chi connectivity index (χ3n) is 7.97. The summed E-state index contributed by atoms with van der Waals surface area (Å²) in [7, 11) is 0. The van der Waals surface area contributed by atoms with Crippen LogP contribution in [-0.4, -0.2) is 15.1 Å². The van der Waals surface area contributed by atoms with Gasteiger partial charge in [0.05, 0.1) is 11.2 Å². The molecule has 2 aliphatic carbocycles. The van der Waals surface area contributed by atoms with Crippen LogP contribution < -0.4 is 10.5 Å². The molecule has 2 heterocycles. The first-order chi connectivity index (χ1) is 17.4. The minimum absolute atomic E-state index is 0.0304. The first kappa shape index (κ1) is 22.9. The van der Waals surface area contributed by atoms with Crippen LogP contribution in [0.25, 0.3) is 11.4 Å². The van der Waals surface area contributed by atoms with Crippen LogP contribution in [0, 0.1) is 11.8 Å². The van der Waals surface area contributed by atoms with Crippen molar-refractivity contribution in [3.63, 3.8) is 0 Å². The molecule has 2 saturated carbocycles. The van der Waals surface area contributed by atoms with E-state index in [1.165, 1.54) is 36.8 Å². The van der Waals surface area contributed by atoms with Gasteiger partial charge in [-0.2, -0.15) is 4.98 Å². The van der Waals surface area contributed by atoms with E-state index in [0.717, 1.165) is 22.9 Å². The van der Waals surface area contributed by atoms with Crippen molar-refractivity contribution in [3.8, 4) is 17.1 Å². The lowest BCUT2D eigenvalue weighted by atomic mass is 9.64. The van der Waals surface area contributed by atoms with E-state index >= 15 is 0 Å². The summed E-state index contributed by atoms with van der Waals surface area (Å²) in [4.78, 5) is 8.87. The van der Waals surface area contributed by atoms with Crippen LogP contribution >= 0.6 is 0 Å². The maximum absolute atomic E-state index is 6.12. The number of nitrogens with zero attached hydrogens (tertiary/aromatic N) is 3. The maximum Gasteiger partial charge on any atom is 0.246 e. The van der Waals surface area contributed by atoms with Crippen LogP contribution in [0.1, 0.15) is 62.2 Å². The largest absolute Gasteiger partial charge is 0.487 e. The van der Waals surface area contributed by atoms with Gasteiger partial charge in [-0.05, 0) is 80.3 Å². The summed E-state index contributed by atoms with van der Waals surface area (Å²) >= 11 is 0. The van der Waals surface area contributed by atoms with Crippen molar-refractivity contribution in [3.05, 3.63) is 95.6 Å². The third kappa shape index (κ3) is 4.09. The molecule has 0 radical (unpaired) electrons. The van der Waals surface area contributed by atoms with Gasteiger partial charge >= 0.3 is 0 Å². The quantitative estimate of drug-likeness (QED) is 0.348. The van der Waals surface area contributed by atoms with Gasteiger partial charge in [-0.3, -0.25) is 4.98 Å². The second kappa shape index (κ2) is 8.86. The number of aromatic nitrogens is 3. The zero-order chi connectivity index (χ0) is 24.8. The molecule has 2 N–H and O–H groups in total. The molecule has 1 unspecified atom stereocenters. The lowest BCUT2D eigenvalue weighted by Crippen LogP contribution is -2.34. The molecular formula is C30H32N4O2. The molecule has 0 saturated heterocycles. The maximum atomic E-state index is 6.12. The lowest BCUT2D eigenvalue weighted by molar-refractivity contribution is 0.299. The predicted molar refractivity (Wildman–Crippen MR) is 138 cm³/mol. The van der Waals surface area contributed by atoms with Gasteiger partial charge in [-0.15, -0.1) is 0 Å². The Labute approximate surface area is 211 Å². The van der Waals surface area contributed by atoms with Crippen molar-refractivity contribution in [2.24, 2.45) is 17.6 Å². The highest BCUT2D eigenvalue weighted by Crippen LogP contribution is 2.60. The van der Waals surface area contributed by atoms with Crippen molar-refractivity contribution in [2.45, 2.75) is 57.1 Å². The van der Waals surface area contributed by atoms with E-state index in [1.54, 1.807) is 6.20 Å². The van der Waals surface area contributed by atoms with E-state index in [-0.39, 0.29) is 5.41 Å². The van der Waals surface area contributed by atoms with E-state index in [9.17, 15) is 0 Å². The van der Waals surface area contributed by atoms with Crippen LogP contribution in [0.3, 0.4) is 0 Å². The van der Waals surface area contributed by atoms with E-state index < -0.39 is 5.54 Å². The number of hydrogen-bond donors (Lipinski definition) is 1. The van der Waals surface area contributed by atoms with Gasteiger partial charge in [0, 0.05) is 17.2 Å². The van der Waals surface area contributed by atoms with Crippen LogP contribution in [0.15, 0.2) is 77.4 Å². The first-order valence-electron chi connectivity index (χ1n) is 12.8. The molecule has 0 spiro atoms. The fourth-order valence-corrected chi connectivity index (χ4v) is 6.21. The standard InChI is InChI=1S/C30H32N4O2/c1-29(2,31)28-33-27(34-36-28)21-7-10-22(11-8-21)30(18-20-6-9-24(30)17-20)23-12-14-26(15-13-23)35-19-25-5-3-4-16-32-25/h3-5,7-8,10-16,20,24H,6,9,17-19,31H2,1-2H3/t20?,24-,30+/m1/s1. The average Bonchev–Trinajstić information content (AvgIpc) is 3.65. The summed E-state index contributed by atoms with van der Waals surface area (Å²) in [5.41, 5.74) is 10.1. The molecule has 2 aromatic heterocycles. The monoisotopic (exact) mass is 480 g/mol. The number of rotatable bonds is 7. The molecular weight excluding hydrogens is 448 g/mol. The second-order valence-electron chi connectivity index (χ2n) is 10.9. The molecule has 0 amide bonds. The smallest absolute Gasteiger partial charge is 0.246 e. The Bertz CT molecular complexity index is 1330. The summed E-state index contributed by atoms with van der Waals surface area (Å²) in [6.07, 6.45) is 6.92. The van der Waals surface area contributed by atoms with Crippen LogP contribution in [-0.2, 0) is 17.6 Å². The predicted octanol–water partition coefficient (Wildman–Crippen LogP) is 6.01. The van der Waals surface area contributed by atoms with Crippen LogP contribution in [0.4, 0.5) is 0 Å². The molecule has 6 heteroatoms. The Morgan fingerprint density at radius 1 is 1.00 bits per heavy atom. The van der Waals surface area contributed by atoms with Crippen molar-refractivity contribution in [2.75, 3.05) is 0 Å². The lowest BCUT2D eigenvalue weighted by Gasteiger charge is -2.39. The zero-order valence-electron chi connectivity index (χ0n) is 20.9. The fraction of sp³-hybridized carbons (Fsp3) is 0.367. The number of hydrogen-bond acceptors (Lipinski definition) is 6. The van der Waals surface area contributed by atoms with Crippen LogP contribution in [0.5, 0.6) is 5.75 Å². The Balaban J connectivity index is 1.27. The van der Waals surface area contributed by atoms with Crippen LogP contribution in [0.2, 0.25) is 0 Å². The highest BCUT2D eigenvalue weighted by molar-refractivity contribution is 5.57. The molecule has 36 heavy (non-hydrogen) atoms. The molecule has 6 nitrogen and oxygen atoms in total. The van der Waals surface area contributed by atoms with Gasteiger partial charge in [0.25, 0.3) is 0 Å². The van der Waals surface area contributed by atoms with Gasteiger partial charge in [0.15, 0.2) is 0 Å². The molecule has 0 aliphatic heterocycles. The van der Waals surface area contributed by atoms with Gasteiger partial charge in [0.1, 0.15) is 12.4 Å². The summed E-state index contributed by atoms with van der Waals surface area (Å²) in [6, 6.07) is 23.4. The third-order valence-corrected chi connectivity index (χ3v) is 7.97. The normalized spacial score (nSPS) is 23.2. The highest BCUT2D eigenvalue weighted by atomic mass is 16.5. The first-order valence-corrected chi connectivity index (χ1v) is 12.8. The van der Waals surface area contributed by atoms with E-state index in [4.69, 9.17) is 15.0 Å². The Hall–Kier alpha value is -3.51. The van der Waals surface area contributed by atoms with Crippen molar-refractivity contribution < 1.29 is 9.26 Å².